The summed E-state index contributed by atoms with van der Waals surface area (Å²) in [6.45, 7) is 8.34. The monoisotopic (exact) mass is 390 g/mol. The summed E-state index contributed by atoms with van der Waals surface area (Å²) in [5.74, 6) is -0.210. The minimum Gasteiger partial charge on any atom is -0.461 e. The van der Waals surface area contributed by atoms with Gasteiger partial charge < -0.3 is 4.74 Å². The fraction of sp³-hybridized carbons (Fsp3) is 0.588. The number of carbonyl (C=O) groups is 1. The highest BCUT2D eigenvalue weighted by Gasteiger charge is 2.00. The van der Waals surface area contributed by atoms with Crippen molar-refractivity contribution in [2.75, 3.05) is 11.0 Å². The Morgan fingerprint density at radius 3 is 2.20 bits per heavy atom. The molecule has 3 heteroatoms. The van der Waals surface area contributed by atoms with Crippen LogP contribution in [0.2, 0.25) is 0 Å². The number of esters is 1. The van der Waals surface area contributed by atoms with Gasteiger partial charge >= 0.3 is 5.97 Å². The quantitative estimate of drug-likeness (QED) is 0.229. The molecule has 0 radical (unpaired) electrons. The van der Waals surface area contributed by atoms with Crippen LogP contribution in [-0.4, -0.2) is 17.0 Å². The van der Waals surface area contributed by atoms with E-state index in [9.17, 15) is 4.79 Å². The van der Waals surface area contributed by atoms with Gasteiger partial charge in [-0.05, 0) is 52.0 Å². The van der Waals surface area contributed by atoms with Gasteiger partial charge in [-0.25, -0.2) is 0 Å². The third-order valence-corrected chi connectivity index (χ3v) is 3.32. The molecule has 0 saturated heterocycles. The maximum absolute atomic E-state index is 10.8. The molecule has 20 heavy (non-hydrogen) atoms. The summed E-state index contributed by atoms with van der Waals surface area (Å²) < 4.78 is 6.02. The van der Waals surface area contributed by atoms with Crippen LogP contribution < -0.4 is 0 Å². The molecule has 0 aliphatic rings. The van der Waals surface area contributed by atoms with Gasteiger partial charge in [0.1, 0.15) is 6.61 Å². The van der Waals surface area contributed by atoms with Gasteiger partial charge in [0.2, 0.25) is 0 Å². The molecule has 0 fully saturated rings. The Morgan fingerprint density at radius 2 is 1.65 bits per heavy atom. The first-order chi connectivity index (χ1) is 9.45. The largest absolute Gasteiger partial charge is 0.461 e. The average Bonchev–Trinajstić information content (AvgIpc) is 2.35. The minimum absolute atomic E-state index is 0.210. The van der Waals surface area contributed by atoms with Crippen molar-refractivity contribution in [3.05, 3.63) is 34.9 Å². The van der Waals surface area contributed by atoms with Gasteiger partial charge in [0.05, 0.1) is 0 Å². The van der Waals surface area contributed by atoms with Gasteiger partial charge in [-0.2, -0.15) is 0 Å². The van der Waals surface area contributed by atoms with Crippen LogP contribution >= 0.6 is 22.6 Å². The maximum Gasteiger partial charge on any atom is 0.302 e. The lowest BCUT2D eigenvalue weighted by molar-refractivity contribution is -0.140. The number of ether oxygens (including phenoxy) is 1. The Morgan fingerprint density at radius 1 is 1.00 bits per heavy atom. The zero-order valence-corrected chi connectivity index (χ0v) is 15.3. The molecule has 0 aromatic carbocycles. The van der Waals surface area contributed by atoms with E-state index in [2.05, 4.69) is 61.6 Å². The first-order valence-corrected chi connectivity index (χ1v) is 8.64. The summed E-state index contributed by atoms with van der Waals surface area (Å²) >= 11 is 2.31. The van der Waals surface area contributed by atoms with E-state index >= 15 is 0 Å². The highest BCUT2D eigenvalue weighted by Crippen LogP contribution is 2.12. The van der Waals surface area contributed by atoms with Crippen LogP contribution in [0.4, 0.5) is 0 Å². The molecule has 0 N–H and O–H groups in total. The highest BCUT2D eigenvalue weighted by molar-refractivity contribution is 14.1. The Kier molecular flexibility index (Phi) is 11.8. The van der Waals surface area contributed by atoms with Crippen LogP contribution in [0.25, 0.3) is 0 Å². The van der Waals surface area contributed by atoms with E-state index in [0.29, 0.717) is 6.61 Å². The smallest absolute Gasteiger partial charge is 0.302 e. The fourth-order valence-corrected chi connectivity index (χ4v) is 2.35. The lowest BCUT2D eigenvalue weighted by Gasteiger charge is -2.06. The third kappa shape index (κ3) is 12.5. The Hall–Kier alpha value is -0.580. The number of hydrogen-bond acceptors (Lipinski definition) is 2. The number of carbonyl (C=O) groups excluding carboxylic acids is 1. The minimum atomic E-state index is -0.210. The lowest BCUT2D eigenvalue weighted by atomic mass is 10.1. The summed E-state index contributed by atoms with van der Waals surface area (Å²) in [6.07, 6.45) is 11.0. The Balaban J connectivity index is 4.11. The van der Waals surface area contributed by atoms with Crippen LogP contribution in [0.1, 0.15) is 53.4 Å². The molecule has 0 atom stereocenters. The number of allylic oxidation sites excluding steroid dienone is 5. The van der Waals surface area contributed by atoms with E-state index in [4.69, 9.17) is 4.74 Å². The summed E-state index contributed by atoms with van der Waals surface area (Å²) in [4.78, 5) is 10.8. The first-order valence-electron chi connectivity index (χ1n) is 7.12. The van der Waals surface area contributed by atoms with Crippen molar-refractivity contribution in [3.63, 3.8) is 0 Å². The summed E-state index contributed by atoms with van der Waals surface area (Å²) in [5.41, 5.74) is 4.03. The molecular weight excluding hydrogens is 363 g/mol. The normalized spacial score (nSPS) is 12.2. The van der Waals surface area contributed by atoms with Crippen molar-refractivity contribution in [2.45, 2.75) is 53.4 Å². The van der Waals surface area contributed by atoms with Gasteiger partial charge in [0, 0.05) is 11.4 Å². The van der Waals surface area contributed by atoms with E-state index in [1.54, 1.807) is 0 Å². The van der Waals surface area contributed by atoms with E-state index in [1.165, 1.54) is 23.6 Å². The van der Waals surface area contributed by atoms with Gasteiger partial charge in [-0.3, -0.25) is 4.79 Å². The molecule has 0 bridgehead atoms. The second kappa shape index (κ2) is 12.2. The lowest BCUT2D eigenvalue weighted by Crippen LogP contribution is -2.03. The topological polar surface area (TPSA) is 26.3 Å². The van der Waals surface area contributed by atoms with E-state index in [-0.39, 0.29) is 5.97 Å². The molecule has 0 aliphatic carbocycles. The van der Waals surface area contributed by atoms with Gasteiger partial charge in [-0.15, -0.1) is 0 Å². The van der Waals surface area contributed by atoms with E-state index in [1.807, 2.05) is 0 Å². The molecule has 0 unspecified atom stereocenters. The highest BCUT2D eigenvalue weighted by atomic mass is 127. The fourth-order valence-electron chi connectivity index (χ4n) is 1.73. The van der Waals surface area contributed by atoms with Crippen molar-refractivity contribution < 1.29 is 9.53 Å². The van der Waals surface area contributed by atoms with Crippen LogP contribution in [0.15, 0.2) is 34.9 Å². The predicted molar refractivity (Wildman–Crippen MR) is 95.3 cm³/mol. The molecule has 2 nitrogen and oxygen atoms in total. The average molecular weight is 390 g/mol. The summed E-state index contributed by atoms with van der Waals surface area (Å²) in [5, 5.41) is 0. The van der Waals surface area contributed by atoms with Gasteiger partial charge in [0.15, 0.2) is 0 Å². The van der Waals surface area contributed by atoms with Crippen molar-refractivity contribution in [1.82, 2.24) is 0 Å². The number of hydrogen-bond donors (Lipinski definition) is 0. The predicted octanol–water partition coefficient (Wildman–Crippen LogP) is 5.38. The van der Waals surface area contributed by atoms with Crippen molar-refractivity contribution in [1.29, 1.82) is 0 Å². The zero-order valence-electron chi connectivity index (χ0n) is 13.2. The van der Waals surface area contributed by atoms with E-state index < -0.39 is 0 Å². The molecule has 0 rings (SSSR count). The summed E-state index contributed by atoms with van der Waals surface area (Å²) in [6, 6.07) is 0. The van der Waals surface area contributed by atoms with Crippen molar-refractivity contribution in [3.8, 4) is 0 Å². The molecule has 0 aromatic rings. The molecule has 0 amide bonds. The molecule has 0 aliphatic heterocycles. The first kappa shape index (κ1) is 19.4. The Bertz CT molecular complexity index is 374. The third-order valence-electron chi connectivity index (χ3n) is 2.88. The second-order valence-corrected chi connectivity index (χ2v) is 6.09. The maximum atomic E-state index is 10.8. The standard InChI is InChI=1S/C17H27IO2/c1-14(2)7-5-8-15(3)9-6-10-17(11-12-18)13-20-16(4)19/h7,9,11H,5-6,8,10,12-13H2,1-4H3/b15-9+,17-11-. The van der Waals surface area contributed by atoms with Crippen molar-refractivity contribution >= 4 is 28.6 Å². The van der Waals surface area contributed by atoms with Crippen molar-refractivity contribution in [2.24, 2.45) is 0 Å². The summed E-state index contributed by atoms with van der Waals surface area (Å²) in [7, 11) is 0. The molecule has 0 spiro atoms. The molecular formula is C17H27IO2. The number of halogens is 1. The molecule has 0 saturated carbocycles. The molecule has 114 valence electrons. The van der Waals surface area contributed by atoms with Gasteiger partial charge in [0.25, 0.3) is 0 Å². The van der Waals surface area contributed by atoms with Crippen LogP contribution in [0, 0.1) is 0 Å². The zero-order chi connectivity index (χ0) is 15.4. The SMILES string of the molecule is CC(=O)OC/C(=C\CI)CC/C=C(\C)CCC=C(C)C. The Labute approximate surface area is 137 Å². The van der Waals surface area contributed by atoms with Crippen LogP contribution in [-0.2, 0) is 9.53 Å². The van der Waals surface area contributed by atoms with Crippen LogP contribution in [0.3, 0.4) is 0 Å². The van der Waals surface area contributed by atoms with E-state index in [0.717, 1.165) is 30.1 Å². The molecule has 0 aromatic heterocycles. The van der Waals surface area contributed by atoms with Crippen LogP contribution in [0.5, 0.6) is 0 Å². The number of alkyl halides is 1. The second-order valence-electron chi connectivity index (χ2n) is 5.21. The molecule has 0 heterocycles. The van der Waals surface area contributed by atoms with Gasteiger partial charge in [-0.1, -0.05) is 52.0 Å². The number of rotatable bonds is 9.